The summed E-state index contributed by atoms with van der Waals surface area (Å²) in [6.07, 6.45) is 3.89. The highest BCUT2D eigenvalue weighted by molar-refractivity contribution is 7.05. The molecule has 1 saturated heterocycles. The molecule has 0 aromatic heterocycles. The van der Waals surface area contributed by atoms with E-state index >= 15 is 0 Å². The Labute approximate surface area is 129 Å². The molecule has 1 fully saturated rings. The van der Waals surface area contributed by atoms with Crippen LogP contribution in [0.15, 0.2) is 60.7 Å². The van der Waals surface area contributed by atoms with Gasteiger partial charge in [-0.1, -0.05) is 60.7 Å². The van der Waals surface area contributed by atoms with Crippen molar-refractivity contribution in [2.45, 2.75) is 38.8 Å². The van der Waals surface area contributed by atoms with Crippen LogP contribution in [0, 0.1) is 5.73 Å². The zero-order valence-electron chi connectivity index (χ0n) is 12.9. The van der Waals surface area contributed by atoms with E-state index in [-0.39, 0.29) is 0 Å². The third-order valence-electron chi connectivity index (χ3n) is 4.62. The van der Waals surface area contributed by atoms with Crippen LogP contribution in [0.4, 0.5) is 0 Å². The second-order valence-electron chi connectivity index (χ2n) is 6.10. The highest BCUT2D eigenvalue weighted by Gasteiger charge is 2.55. The summed E-state index contributed by atoms with van der Waals surface area (Å²) in [6, 6.07) is 21.9. The molecule has 0 N–H and O–H groups in total. The molecule has 0 spiro atoms. The normalized spacial score (nSPS) is 19.5. The minimum Gasteiger partial charge on any atom is -0.208 e. The minimum absolute atomic E-state index is 0.355. The average Bonchev–Trinajstić information content (AvgIpc) is 2.56. The van der Waals surface area contributed by atoms with E-state index in [1.54, 1.807) is 0 Å². The van der Waals surface area contributed by atoms with Crippen molar-refractivity contribution < 1.29 is 4.74 Å². The summed E-state index contributed by atoms with van der Waals surface area (Å²) in [4.78, 5) is 0. The summed E-state index contributed by atoms with van der Waals surface area (Å²) < 4.78 is 6.34. The standard InChI is InChI=1S/C19H23OSi/c1-16-10-9-15-19(20-16)21(2,17-11-5-3-6-12-17)18-13-7-4-8-14-18/h3-8,11-14,16H,9-10,15H2,1-2H3/q+1. The topological polar surface area (TPSA) is 9.23 Å². The van der Waals surface area contributed by atoms with Gasteiger partial charge in [0.15, 0.2) is 5.73 Å². The Morgan fingerprint density at radius 2 is 1.48 bits per heavy atom. The molecule has 1 unspecified atom stereocenters. The minimum atomic E-state index is -1.95. The van der Waals surface area contributed by atoms with Crippen molar-refractivity contribution in [3.05, 3.63) is 66.4 Å². The fourth-order valence-corrected chi connectivity index (χ4v) is 7.12. The molecule has 2 aromatic carbocycles. The second-order valence-corrected chi connectivity index (χ2v) is 10.1. The lowest BCUT2D eigenvalue weighted by atomic mass is 10.1. The van der Waals surface area contributed by atoms with E-state index in [9.17, 15) is 0 Å². The van der Waals surface area contributed by atoms with Gasteiger partial charge in [0.2, 0.25) is 0 Å². The van der Waals surface area contributed by atoms with Crippen LogP contribution in [-0.2, 0) is 4.74 Å². The maximum Gasteiger partial charge on any atom is 0.369 e. The largest absolute Gasteiger partial charge is 0.369 e. The quantitative estimate of drug-likeness (QED) is 0.622. The second kappa shape index (κ2) is 6.08. The van der Waals surface area contributed by atoms with Crippen LogP contribution >= 0.6 is 0 Å². The van der Waals surface area contributed by atoms with Crippen LogP contribution in [0.1, 0.15) is 26.2 Å². The van der Waals surface area contributed by atoms with Gasteiger partial charge in [0.05, 0.1) is 0 Å². The molecule has 1 aliphatic heterocycles. The van der Waals surface area contributed by atoms with Crippen LogP contribution in [0.25, 0.3) is 0 Å². The predicted molar refractivity (Wildman–Crippen MR) is 91.4 cm³/mol. The average molecular weight is 295 g/mol. The Morgan fingerprint density at radius 1 is 0.952 bits per heavy atom. The van der Waals surface area contributed by atoms with Gasteiger partial charge in [-0.2, -0.15) is 0 Å². The molecule has 108 valence electrons. The zero-order valence-corrected chi connectivity index (χ0v) is 13.9. The fourth-order valence-electron chi connectivity index (χ4n) is 3.31. The Hall–Kier alpha value is -1.51. The number of hydrogen-bond acceptors (Lipinski definition) is 1. The van der Waals surface area contributed by atoms with E-state index in [2.05, 4.69) is 74.1 Å². The summed E-state index contributed by atoms with van der Waals surface area (Å²) in [5.74, 6) is 0. The van der Waals surface area contributed by atoms with E-state index in [1.807, 2.05) is 0 Å². The molecule has 3 rings (SSSR count). The van der Waals surface area contributed by atoms with Crippen molar-refractivity contribution in [2.75, 3.05) is 0 Å². The summed E-state index contributed by atoms with van der Waals surface area (Å²) in [5.41, 5.74) is 1.35. The predicted octanol–water partition coefficient (Wildman–Crippen LogP) is 3.54. The van der Waals surface area contributed by atoms with Crippen molar-refractivity contribution in [1.29, 1.82) is 0 Å². The van der Waals surface area contributed by atoms with Crippen LogP contribution in [0.3, 0.4) is 0 Å². The SMILES string of the molecule is CC1CCC[C+]([Si](C)(c2ccccc2)c2ccccc2)O1. The van der Waals surface area contributed by atoms with Gasteiger partial charge in [-0.05, 0) is 36.7 Å². The lowest BCUT2D eigenvalue weighted by molar-refractivity contribution is 0.0591. The number of rotatable bonds is 3. The molecular formula is C19H23OSi+. The van der Waals surface area contributed by atoms with Crippen molar-refractivity contribution in [2.24, 2.45) is 0 Å². The molecule has 1 heterocycles. The molecule has 21 heavy (non-hydrogen) atoms. The lowest BCUT2D eigenvalue weighted by Crippen LogP contribution is -2.62. The van der Waals surface area contributed by atoms with Crippen molar-refractivity contribution in [3.63, 3.8) is 0 Å². The van der Waals surface area contributed by atoms with Gasteiger partial charge in [0.25, 0.3) is 0 Å². The molecule has 2 aromatic rings. The third kappa shape index (κ3) is 2.78. The Kier molecular flexibility index (Phi) is 4.18. The molecule has 1 nitrogen and oxygen atoms in total. The zero-order chi connectivity index (χ0) is 14.7. The van der Waals surface area contributed by atoms with Gasteiger partial charge in [-0.15, -0.1) is 0 Å². The van der Waals surface area contributed by atoms with E-state index in [0.29, 0.717) is 6.10 Å². The first kappa shape index (κ1) is 14.4. The van der Waals surface area contributed by atoms with Gasteiger partial charge in [-0.25, -0.2) is 4.74 Å². The molecule has 0 amide bonds. The van der Waals surface area contributed by atoms with Gasteiger partial charge in [-0.3, -0.25) is 0 Å². The Balaban J connectivity index is 2.07. The summed E-state index contributed by atoms with van der Waals surface area (Å²) in [6.45, 7) is 4.63. The Bertz CT molecular complexity index is 527. The van der Waals surface area contributed by atoms with E-state index in [4.69, 9.17) is 4.74 Å². The molecule has 0 radical (unpaired) electrons. The van der Waals surface area contributed by atoms with Gasteiger partial charge in [0, 0.05) is 0 Å². The molecule has 1 atom stereocenters. The molecule has 0 aliphatic carbocycles. The first-order valence-electron chi connectivity index (χ1n) is 7.85. The number of ether oxygens (including phenoxy) is 1. The summed E-state index contributed by atoms with van der Waals surface area (Å²) >= 11 is 0. The highest BCUT2D eigenvalue weighted by atomic mass is 28.3. The Morgan fingerprint density at radius 3 is 1.95 bits per heavy atom. The molecular weight excluding hydrogens is 272 g/mol. The van der Waals surface area contributed by atoms with Crippen molar-refractivity contribution in [1.82, 2.24) is 0 Å². The van der Waals surface area contributed by atoms with Crippen molar-refractivity contribution >= 4 is 18.4 Å². The van der Waals surface area contributed by atoms with Gasteiger partial charge in [0.1, 0.15) is 12.5 Å². The number of benzene rings is 2. The molecule has 2 heteroatoms. The van der Waals surface area contributed by atoms with E-state index in [1.165, 1.54) is 28.9 Å². The van der Waals surface area contributed by atoms with Crippen LogP contribution in [0.5, 0.6) is 0 Å². The van der Waals surface area contributed by atoms with Gasteiger partial charge < -0.3 is 0 Å². The molecule has 0 bridgehead atoms. The van der Waals surface area contributed by atoms with Gasteiger partial charge >= 0.3 is 8.07 Å². The van der Waals surface area contributed by atoms with E-state index in [0.717, 1.165) is 6.42 Å². The molecule has 0 saturated carbocycles. The van der Waals surface area contributed by atoms with Crippen molar-refractivity contribution in [3.8, 4) is 0 Å². The highest BCUT2D eigenvalue weighted by Crippen LogP contribution is 2.31. The lowest BCUT2D eigenvalue weighted by Gasteiger charge is -2.29. The van der Waals surface area contributed by atoms with Crippen LogP contribution in [0.2, 0.25) is 6.55 Å². The first-order chi connectivity index (χ1) is 10.2. The smallest absolute Gasteiger partial charge is 0.208 e. The molecule has 1 aliphatic rings. The third-order valence-corrected chi connectivity index (χ3v) is 9.08. The fraction of sp³-hybridized carbons (Fsp3) is 0.316. The summed E-state index contributed by atoms with van der Waals surface area (Å²) in [5, 5.41) is 2.89. The summed E-state index contributed by atoms with van der Waals surface area (Å²) in [7, 11) is -1.95. The monoisotopic (exact) mass is 295 g/mol. The first-order valence-corrected chi connectivity index (χ1v) is 10.4. The maximum absolute atomic E-state index is 6.34. The maximum atomic E-state index is 6.34. The van der Waals surface area contributed by atoms with Crippen LogP contribution < -0.4 is 10.4 Å². The number of hydrogen-bond donors (Lipinski definition) is 0. The van der Waals surface area contributed by atoms with Crippen LogP contribution in [-0.4, -0.2) is 14.2 Å². The van der Waals surface area contributed by atoms with E-state index < -0.39 is 8.07 Å².